The Labute approximate surface area is 116 Å². The highest BCUT2D eigenvalue weighted by Gasteiger charge is 2.52. The van der Waals surface area contributed by atoms with E-state index < -0.39 is 7.12 Å². The van der Waals surface area contributed by atoms with Gasteiger partial charge in [-0.05, 0) is 49.7 Å². The monoisotopic (exact) mass is 313 g/mol. The minimum atomic E-state index is -0.463. The molecular formula is C12H17BBrNO3. The van der Waals surface area contributed by atoms with Crippen molar-refractivity contribution in [3.63, 3.8) is 0 Å². The summed E-state index contributed by atoms with van der Waals surface area (Å²) in [6.45, 7) is 8.07. The summed E-state index contributed by atoms with van der Waals surface area (Å²) in [7, 11) is 1.15. The van der Waals surface area contributed by atoms with E-state index in [1.54, 1.807) is 13.3 Å². The first-order valence-corrected chi connectivity index (χ1v) is 6.61. The highest BCUT2D eigenvalue weighted by atomic mass is 79.9. The third kappa shape index (κ3) is 2.29. The molecule has 0 atom stereocenters. The van der Waals surface area contributed by atoms with Crippen molar-refractivity contribution in [1.29, 1.82) is 0 Å². The number of ether oxygens (including phenoxy) is 1. The van der Waals surface area contributed by atoms with Crippen LogP contribution in [-0.2, 0) is 9.31 Å². The summed E-state index contributed by atoms with van der Waals surface area (Å²) < 4.78 is 17.8. The molecule has 0 radical (unpaired) electrons. The van der Waals surface area contributed by atoms with E-state index in [-0.39, 0.29) is 11.2 Å². The van der Waals surface area contributed by atoms with Crippen molar-refractivity contribution >= 4 is 28.6 Å². The van der Waals surface area contributed by atoms with Crippen LogP contribution in [0, 0.1) is 0 Å². The van der Waals surface area contributed by atoms with Crippen LogP contribution in [0.3, 0.4) is 0 Å². The Bertz CT molecular complexity index is 449. The highest BCUT2D eigenvalue weighted by molar-refractivity contribution is 9.10. The topological polar surface area (TPSA) is 40.6 Å². The lowest BCUT2D eigenvalue weighted by Gasteiger charge is -2.32. The van der Waals surface area contributed by atoms with E-state index in [2.05, 4.69) is 20.9 Å². The average Bonchev–Trinajstić information content (AvgIpc) is 2.47. The van der Waals surface area contributed by atoms with Gasteiger partial charge >= 0.3 is 7.12 Å². The van der Waals surface area contributed by atoms with Crippen molar-refractivity contribution in [2.75, 3.05) is 7.11 Å². The van der Waals surface area contributed by atoms with Crippen LogP contribution in [0.5, 0.6) is 5.75 Å². The Hall–Kier alpha value is -0.585. The second-order valence-corrected chi connectivity index (χ2v) is 6.18. The van der Waals surface area contributed by atoms with Crippen molar-refractivity contribution in [1.82, 2.24) is 4.98 Å². The molecular weight excluding hydrogens is 297 g/mol. The normalized spacial score (nSPS) is 21.1. The Morgan fingerprint density at radius 1 is 1.22 bits per heavy atom. The summed E-state index contributed by atoms with van der Waals surface area (Å²) in [5.74, 6) is 0.696. The maximum absolute atomic E-state index is 5.95. The first-order chi connectivity index (χ1) is 8.27. The van der Waals surface area contributed by atoms with Gasteiger partial charge in [-0.15, -0.1) is 0 Å². The molecule has 1 aliphatic rings. The molecule has 1 saturated heterocycles. The number of hydrogen-bond acceptors (Lipinski definition) is 4. The fourth-order valence-corrected chi connectivity index (χ4v) is 2.19. The highest BCUT2D eigenvalue weighted by Crippen LogP contribution is 2.36. The lowest BCUT2D eigenvalue weighted by molar-refractivity contribution is 0.00578. The maximum atomic E-state index is 5.95. The van der Waals surface area contributed by atoms with Crippen LogP contribution < -0.4 is 10.3 Å². The molecule has 1 aliphatic heterocycles. The number of aromatic nitrogens is 1. The molecule has 4 nitrogen and oxygen atoms in total. The number of methoxy groups -OCH3 is 1. The molecule has 98 valence electrons. The van der Waals surface area contributed by atoms with E-state index in [9.17, 15) is 0 Å². The van der Waals surface area contributed by atoms with Gasteiger partial charge in [0.15, 0.2) is 0 Å². The van der Waals surface area contributed by atoms with Gasteiger partial charge in [-0.2, -0.15) is 0 Å². The van der Waals surface area contributed by atoms with Gasteiger partial charge in [-0.3, -0.25) is 4.98 Å². The summed E-state index contributed by atoms with van der Waals surface area (Å²) in [6, 6.07) is 1.85. The molecule has 1 fully saturated rings. The van der Waals surface area contributed by atoms with Crippen LogP contribution in [0.15, 0.2) is 16.7 Å². The van der Waals surface area contributed by atoms with Crippen molar-refractivity contribution in [2.24, 2.45) is 0 Å². The van der Waals surface area contributed by atoms with Crippen LogP contribution >= 0.6 is 15.9 Å². The van der Waals surface area contributed by atoms with Gasteiger partial charge in [0.05, 0.1) is 30.1 Å². The number of hydrogen-bond donors (Lipinski definition) is 0. The van der Waals surface area contributed by atoms with E-state index in [1.807, 2.05) is 33.8 Å². The SMILES string of the molecule is COc1cnc(B2OC(C)(C)C(C)(C)O2)c(Br)c1. The molecule has 1 aromatic rings. The van der Waals surface area contributed by atoms with Gasteiger partial charge in [0.1, 0.15) is 5.75 Å². The van der Waals surface area contributed by atoms with Gasteiger partial charge in [0.25, 0.3) is 0 Å². The van der Waals surface area contributed by atoms with E-state index in [0.29, 0.717) is 5.75 Å². The quantitative estimate of drug-likeness (QED) is 0.785. The van der Waals surface area contributed by atoms with Crippen molar-refractivity contribution in [3.05, 3.63) is 16.7 Å². The predicted molar refractivity (Wildman–Crippen MR) is 74.2 cm³/mol. The molecule has 2 rings (SSSR count). The summed E-state index contributed by atoms with van der Waals surface area (Å²) in [4.78, 5) is 4.34. The van der Waals surface area contributed by atoms with Crippen LogP contribution in [0.1, 0.15) is 27.7 Å². The third-order valence-corrected chi connectivity index (χ3v) is 4.19. The zero-order valence-electron chi connectivity index (χ0n) is 11.3. The molecule has 0 aliphatic carbocycles. The standard InChI is InChI=1S/C12H17BBrNO3/c1-11(2)12(3,4)18-13(17-11)10-9(14)6-8(16-5)7-15-10/h6-7H,1-5H3. The van der Waals surface area contributed by atoms with Crippen molar-refractivity contribution < 1.29 is 14.0 Å². The second-order valence-electron chi connectivity index (χ2n) is 5.33. The number of pyridine rings is 1. The van der Waals surface area contributed by atoms with E-state index >= 15 is 0 Å². The summed E-state index contributed by atoms with van der Waals surface area (Å²) >= 11 is 3.47. The first kappa shape index (κ1) is 13.8. The first-order valence-electron chi connectivity index (χ1n) is 5.82. The Morgan fingerprint density at radius 3 is 2.22 bits per heavy atom. The predicted octanol–water partition coefficient (Wildman–Crippen LogP) is 2.15. The van der Waals surface area contributed by atoms with Gasteiger partial charge in [-0.1, -0.05) is 0 Å². The second kappa shape index (κ2) is 4.51. The molecule has 18 heavy (non-hydrogen) atoms. The fourth-order valence-electron chi connectivity index (χ4n) is 1.67. The maximum Gasteiger partial charge on any atom is 0.515 e. The lowest BCUT2D eigenvalue weighted by atomic mass is 9.84. The largest absolute Gasteiger partial charge is 0.515 e. The minimum absolute atomic E-state index is 0.362. The molecule has 0 N–H and O–H groups in total. The zero-order chi connectivity index (χ0) is 13.6. The van der Waals surface area contributed by atoms with Crippen LogP contribution in [0.4, 0.5) is 0 Å². The third-order valence-electron chi connectivity index (χ3n) is 3.56. The van der Waals surface area contributed by atoms with Crippen molar-refractivity contribution in [3.8, 4) is 5.75 Å². The Balaban J connectivity index is 2.30. The van der Waals surface area contributed by atoms with E-state index in [0.717, 1.165) is 10.1 Å². The molecule has 2 heterocycles. The van der Waals surface area contributed by atoms with Crippen molar-refractivity contribution in [2.45, 2.75) is 38.9 Å². The smallest absolute Gasteiger partial charge is 0.495 e. The fraction of sp³-hybridized carbons (Fsp3) is 0.583. The molecule has 0 spiro atoms. The summed E-state index contributed by atoms with van der Waals surface area (Å²) in [6.07, 6.45) is 1.66. The van der Waals surface area contributed by atoms with Gasteiger partial charge in [0, 0.05) is 4.47 Å². The van der Waals surface area contributed by atoms with Gasteiger partial charge in [0.2, 0.25) is 0 Å². The van der Waals surface area contributed by atoms with E-state index in [1.165, 1.54) is 0 Å². The molecule has 0 amide bonds. The molecule has 0 bridgehead atoms. The molecule has 0 aromatic carbocycles. The van der Waals surface area contributed by atoms with Gasteiger partial charge in [-0.25, -0.2) is 0 Å². The Kier molecular flexibility index (Phi) is 3.47. The van der Waals surface area contributed by atoms with Crippen LogP contribution in [0.25, 0.3) is 0 Å². The zero-order valence-corrected chi connectivity index (χ0v) is 12.9. The minimum Gasteiger partial charge on any atom is -0.495 e. The van der Waals surface area contributed by atoms with Crippen LogP contribution in [-0.4, -0.2) is 30.4 Å². The molecule has 0 saturated carbocycles. The molecule has 6 heteroatoms. The number of rotatable bonds is 2. The number of nitrogens with zero attached hydrogens (tertiary/aromatic N) is 1. The summed E-state index contributed by atoms with van der Waals surface area (Å²) in [5, 5.41) is 0. The summed E-state index contributed by atoms with van der Waals surface area (Å²) in [5.41, 5.74) is 0.00620. The average molecular weight is 314 g/mol. The van der Waals surface area contributed by atoms with E-state index in [4.69, 9.17) is 14.0 Å². The molecule has 0 unspecified atom stereocenters. The van der Waals surface area contributed by atoms with Gasteiger partial charge < -0.3 is 14.0 Å². The van der Waals surface area contributed by atoms with Crippen LogP contribution in [0.2, 0.25) is 0 Å². The number of halogens is 1. The Morgan fingerprint density at radius 2 is 1.78 bits per heavy atom. The lowest BCUT2D eigenvalue weighted by Crippen LogP contribution is -2.41. The molecule has 1 aromatic heterocycles.